The SMILES string of the molecule is CN=C(NCC1CCCO1)NCC1CCCC1O.I. The van der Waals surface area contributed by atoms with Gasteiger partial charge in [-0.25, -0.2) is 0 Å². The minimum absolute atomic E-state index is 0. The summed E-state index contributed by atoms with van der Waals surface area (Å²) in [6, 6.07) is 0. The summed E-state index contributed by atoms with van der Waals surface area (Å²) >= 11 is 0. The van der Waals surface area contributed by atoms with Crippen molar-refractivity contribution in [2.75, 3.05) is 26.7 Å². The third-order valence-electron chi connectivity index (χ3n) is 3.90. The Labute approximate surface area is 132 Å². The number of nitrogens with one attached hydrogen (secondary N) is 2. The van der Waals surface area contributed by atoms with Crippen molar-refractivity contribution in [3.05, 3.63) is 0 Å². The molecule has 0 spiro atoms. The third kappa shape index (κ3) is 5.43. The molecule has 0 aromatic heterocycles. The Bertz CT molecular complexity index is 283. The predicted molar refractivity (Wildman–Crippen MR) is 87.1 cm³/mol. The second-order valence-corrected chi connectivity index (χ2v) is 5.23. The smallest absolute Gasteiger partial charge is 0.191 e. The van der Waals surface area contributed by atoms with Crippen LogP contribution in [0.2, 0.25) is 0 Å². The van der Waals surface area contributed by atoms with Gasteiger partial charge in [-0.3, -0.25) is 4.99 Å². The van der Waals surface area contributed by atoms with Gasteiger partial charge in [0.15, 0.2) is 5.96 Å². The molecule has 1 aliphatic carbocycles. The number of halogens is 1. The van der Waals surface area contributed by atoms with Crippen LogP contribution in [-0.2, 0) is 4.74 Å². The van der Waals surface area contributed by atoms with E-state index in [-0.39, 0.29) is 30.1 Å². The highest BCUT2D eigenvalue weighted by Gasteiger charge is 2.25. The summed E-state index contributed by atoms with van der Waals surface area (Å²) in [4.78, 5) is 4.19. The third-order valence-corrected chi connectivity index (χ3v) is 3.90. The van der Waals surface area contributed by atoms with Crippen molar-refractivity contribution in [1.82, 2.24) is 10.6 Å². The van der Waals surface area contributed by atoms with Crippen molar-refractivity contribution in [3.8, 4) is 0 Å². The Kier molecular flexibility index (Phi) is 8.01. The maximum absolute atomic E-state index is 9.76. The molecule has 5 nitrogen and oxygen atoms in total. The van der Waals surface area contributed by atoms with Gasteiger partial charge in [-0.15, -0.1) is 24.0 Å². The number of hydrogen-bond donors (Lipinski definition) is 3. The van der Waals surface area contributed by atoms with E-state index in [0.717, 1.165) is 57.8 Å². The van der Waals surface area contributed by atoms with E-state index < -0.39 is 0 Å². The van der Waals surface area contributed by atoms with Gasteiger partial charge in [0.25, 0.3) is 0 Å². The molecule has 1 heterocycles. The molecule has 0 radical (unpaired) electrons. The predicted octanol–water partition coefficient (Wildman–Crippen LogP) is 1.11. The van der Waals surface area contributed by atoms with Crippen LogP contribution in [0.5, 0.6) is 0 Å². The molecular formula is C13H26IN3O2. The summed E-state index contributed by atoms with van der Waals surface area (Å²) in [5.41, 5.74) is 0. The number of ether oxygens (including phenoxy) is 1. The lowest BCUT2D eigenvalue weighted by molar-refractivity contribution is 0.113. The molecule has 2 rings (SSSR count). The van der Waals surface area contributed by atoms with Crippen LogP contribution in [0.15, 0.2) is 4.99 Å². The van der Waals surface area contributed by atoms with E-state index >= 15 is 0 Å². The second kappa shape index (κ2) is 8.97. The number of guanidine groups is 1. The van der Waals surface area contributed by atoms with Gasteiger partial charge < -0.3 is 20.5 Å². The maximum Gasteiger partial charge on any atom is 0.191 e. The van der Waals surface area contributed by atoms with Crippen LogP contribution >= 0.6 is 24.0 Å². The molecule has 1 aliphatic heterocycles. The summed E-state index contributed by atoms with van der Waals surface area (Å²) in [5, 5.41) is 16.3. The average molecular weight is 383 g/mol. The van der Waals surface area contributed by atoms with Gasteiger partial charge in [-0.1, -0.05) is 6.42 Å². The normalized spacial score (nSPS) is 31.1. The summed E-state index contributed by atoms with van der Waals surface area (Å²) < 4.78 is 5.56. The van der Waals surface area contributed by atoms with Crippen LogP contribution in [-0.4, -0.2) is 50.0 Å². The molecule has 0 amide bonds. The van der Waals surface area contributed by atoms with Gasteiger partial charge in [-0.2, -0.15) is 0 Å². The molecule has 2 fully saturated rings. The average Bonchev–Trinajstić information content (AvgIpc) is 3.01. The van der Waals surface area contributed by atoms with Gasteiger partial charge in [-0.05, 0) is 25.7 Å². The van der Waals surface area contributed by atoms with Crippen molar-refractivity contribution < 1.29 is 9.84 Å². The Morgan fingerprint density at radius 3 is 2.58 bits per heavy atom. The zero-order chi connectivity index (χ0) is 12.8. The minimum atomic E-state index is -0.145. The van der Waals surface area contributed by atoms with Gasteiger partial charge in [0.05, 0.1) is 12.2 Å². The first-order chi connectivity index (χ1) is 8.79. The van der Waals surface area contributed by atoms with E-state index in [9.17, 15) is 5.11 Å². The molecule has 3 atom stereocenters. The van der Waals surface area contributed by atoms with Crippen molar-refractivity contribution >= 4 is 29.9 Å². The Morgan fingerprint density at radius 2 is 2.00 bits per heavy atom. The summed E-state index contributed by atoms with van der Waals surface area (Å²) in [6.45, 7) is 2.49. The zero-order valence-corrected chi connectivity index (χ0v) is 13.9. The van der Waals surface area contributed by atoms with Crippen LogP contribution in [0.3, 0.4) is 0 Å². The highest BCUT2D eigenvalue weighted by atomic mass is 127. The van der Waals surface area contributed by atoms with E-state index in [4.69, 9.17) is 4.74 Å². The van der Waals surface area contributed by atoms with E-state index in [0.29, 0.717) is 12.0 Å². The van der Waals surface area contributed by atoms with Crippen LogP contribution in [0.25, 0.3) is 0 Å². The molecule has 0 bridgehead atoms. The molecular weight excluding hydrogens is 357 g/mol. The molecule has 3 N–H and O–H groups in total. The molecule has 6 heteroatoms. The highest BCUT2D eigenvalue weighted by molar-refractivity contribution is 14.0. The van der Waals surface area contributed by atoms with Crippen molar-refractivity contribution in [2.45, 2.75) is 44.3 Å². The number of nitrogens with zero attached hydrogens (tertiary/aromatic N) is 1. The molecule has 3 unspecified atom stereocenters. The molecule has 0 aromatic carbocycles. The summed E-state index contributed by atoms with van der Waals surface area (Å²) in [7, 11) is 1.77. The first-order valence-electron chi connectivity index (χ1n) is 7.04. The van der Waals surface area contributed by atoms with Crippen LogP contribution in [0, 0.1) is 5.92 Å². The van der Waals surface area contributed by atoms with Crippen molar-refractivity contribution in [1.29, 1.82) is 0 Å². The first kappa shape index (κ1) is 17.0. The monoisotopic (exact) mass is 383 g/mol. The Hall–Kier alpha value is -0.0800. The minimum Gasteiger partial charge on any atom is -0.393 e. The first-order valence-corrected chi connectivity index (χ1v) is 7.04. The number of aliphatic imine (C=N–C) groups is 1. The van der Waals surface area contributed by atoms with Crippen LogP contribution < -0.4 is 10.6 Å². The molecule has 0 aromatic rings. The van der Waals surface area contributed by atoms with E-state index in [1.165, 1.54) is 0 Å². The molecule has 2 aliphatic rings. The lowest BCUT2D eigenvalue weighted by Crippen LogP contribution is -2.43. The fraction of sp³-hybridized carbons (Fsp3) is 0.923. The van der Waals surface area contributed by atoms with Gasteiger partial charge in [0, 0.05) is 32.7 Å². The zero-order valence-electron chi connectivity index (χ0n) is 11.6. The van der Waals surface area contributed by atoms with Crippen LogP contribution in [0.1, 0.15) is 32.1 Å². The quantitative estimate of drug-likeness (QED) is 0.387. The highest BCUT2D eigenvalue weighted by Crippen LogP contribution is 2.24. The molecule has 112 valence electrons. The van der Waals surface area contributed by atoms with Crippen molar-refractivity contribution in [2.24, 2.45) is 10.9 Å². The standard InChI is InChI=1S/C13H25N3O2.HI/c1-14-13(16-9-11-5-3-7-18-11)15-8-10-4-2-6-12(10)17;/h10-12,17H,2-9H2,1H3,(H2,14,15,16);1H. The van der Waals surface area contributed by atoms with E-state index in [2.05, 4.69) is 15.6 Å². The Morgan fingerprint density at radius 1 is 1.21 bits per heavy atom. The van der Waals surface area contributed by atoms with Gasteiger partial charge >= 0.3 is 0 Å². The number of hydrogen-bond acceptors (Lipinski definition) is 3. The number of rotatable bonds is 4. The van der Waals surface area contributed by atoms with Crippen molar-refractivity contribution in [3.63, 3.8) is 0 Å². The van der Waals surface area contributed by atoms with E-state index in [1.54, 1.807) is 7.05 Å². The number of aliphatic hydroxyl groups is 1. The number of aliphatic hydroxyl groups excluding tert-OH is 1. The summed E-state index contributed by atoms with van der Waals surface area (Å²) in [6.07, 6.45) is 5.65. The lowest BCUT2D eigenvalue weighted by Gasteiger charge is -2.19. The van der Waals surface area contributed by atoms with Gasteiger partial charge in [0.1, 0.15) is 0 Å². The fourth-order valence-corrected chi connectivity index (χ4v) is 2.72. The van der Waals surface area contributed by atoms with Gasteiger partial charge in [0.2, 0.25) is 0 Å². The van der Waals surface area contributed by atoms with E-state index in [1.807, 2.05) is 0 Å². The largest absolute Gasteiger partial charge is 0.393 e. The molecule has 19 heavy (non-hydrogen) atoms. The lowest BCUT2D eigenvalue weighted by atomic mass is 10.1. The topological polar surface area (TPSA) is 65.9 Å². The molecule has 1 saturated carbocycles. The maximum atomic E-state index is 9.76. The summed E-state index contributed by atoms with van der Waals surface area (Å²) in [5.74, 6) is 1.18. The van der Waals surface area contributed by atoms with Crippen LogP contribution in [0.4, 0.5) is 0 Å². The fourth-order valence-electron chi connectivity index (χ4n) is 2.72. The molecule has 1 saturated heterocycles. The second-order valence-electron chi connectivity index (χ2n) is 5.23. The Balaban J connectivity index is 0.00000180.